The van der Waals surface area contributed by atoms with Gasteiger partial charge in [-0.05, 0) is 61.6 Å². The van der Waals surface area contributed by atoms with Crippen molar-refractivity contribution in [2.75, 3.05) is 31.1 Å². The maximum absolute atomic E-state index is 13.9. The van der Waals surface area contributed by atoms with Gasteiger partial charge in [-0.1, -0.05) is 12.1 Å². The highest BCUT2D eigenvalue weighted by molar-refractivity contribution is 5.95. The molecular formula is C25H27FN2O4. The van der Waals surface area contributed by atoms with Gasteiger partial charge in [-0.15, -0.1) is 0 Å². The fraction of sp³-hybridized carbons (Fsp3) is 0.400. The zero-order chi connectivity index (χ0) is 22.5. The fourth-order valence-electron chi connectivity index (χ4n) is 4.33. The van der Waals surface area contributed by atoms with E-state index >= 15 is 0 Å². The van der Waals surface area contributed by atoms with Gasteiger partial charge in [-0.3, -0.25) is 14.4 Å². The summed E-state index contributed by atoms with van der Waals surface area (Å²) in [6.45, 7) is 1.77. The number of rotatable bonds is 7. The largest absolute Gasteiger partial charge is 0.486 e. The average Bonchev–Trinajstić information content (AvgIpc) is 3.24. The van der Waals surface area contributed by atoms with Crippen LogP contribution in [0.25, 0.3) is 0 Å². The van der Waals surface area contributed by atoms with E-state index in [1.165, 1.54) is 12.1 Å². The first-order valence-corrected chi connectivity index (χ1v) is 11.1. The van der Waals surface area contributed by atoms with Gasteiger partial charge in [0.1, 0.15) is 18.2 Å². The smallest absolute Gasteiger partial charge is 0.256 e. The Morgan fingerprint density at radius 2 is 1.72 bits per heavy atom. The molecule has 0 aliphatic carbocycles. The highest BCUT2D eigenvalue weighted by Crippen LogP contribution is 2.25. The molecule has 2 saturated heterocycles. The molecule has 0 unspecified atom stereocenters. The molecule has 0 saturated carbocycles. The number of piperidine rings is 1. The van der Waals surface area contributed by atoms with Gasteiger partial charge < -0.3 is 14.5 Å². The fourth-order valence-corrected chi connectivity index (χ4v) is 4.33. The molecule has 2 aromatic carbocycles. The van der Waals surface area contributed by atoms with Gasteiger partial charge >= 0.3 is 0 Å². The lowest BCUT2D eigenvalue weighted by Gasteiger charge is -2.31. The zero-order valence-electron chi connectivity index (χ0n) is 18.0. The van der Waals surface area contributed by atoms with Crippen molar-refractivity contribution in [3.8, 4) is 5.75 Å². The summed E-state index contributed by atoms with van der Waals surface area (Å²) >= 11 is 0. The number of halogens is 1. The van der Waals surface area contributed by atoms with E-state index in [4.69, 9.17) is 4.74 Å². The van der Waals surface area contributed by atoms with Crippen LogP contribution in [0.1, 0.15) is 42.5 Å². The second kappa shape index (κ2) is 9.94. The van der Waals surface area contributed by atoms with Crippen LogP contribution in [-0.2, 0) is 9.59 Å². The van der Waals surface area contributed by atoms with E-state index in [9.17, 15) is 18.8 Å². The van der Waals surface area contributed by atoms with Crippen molar-refractivity contribution in [1.29, 1.82) is 0 Å². The van der Waals surface area contributed by atoms with E-state index < -0.39 is 5.82 Å². The van der Waals surface area contributed by atoms with Crippen molar-refractivity contribution >= 4 is 23.3 Å². The molecule has 0 N–H and O–H groups in total. The van der Waals surface area contributed by atoms with E-state index in [0.717, 1.165) is 18.7 Å². The van der Waals surface area contributed by atoms with Crippen molar-refractivity contribution in [3.63, 3.8) is 0 Å². The average molecular weight is 438 g/mol. The van der Waals surface area contributed by atoms with Crippen LogP contribution < -0.4 is 9.64 Å². The van der Waals surface area contributed by atoms with Crippen LogP contribution in [0.3, 0.4) is 0 Å². The first kappa shape index (κ1) is 22.0. The summed E-state index contributed by atoms with van der Waals surface area (Å²) in [5, 5.41) is 0. The van der Waals surface area contributed by atoms with Gasteiger partial charge in [0, 0.05) is 38.2 Å². The van der Waals surface area contributed by atoms with E-state index in [-0.39, 0.29) is 35.7 Å². The highest BCUT2D eigenvalue weighted by atomic mass is 19.1. The van der Waals surface area contributed by atoms with E-state index in [2.05, 4.69) is 0 Å². The third-order valence-corrected chi connectivity index (χ3v) is 6.14. The zero-order valence-corrected chi connectivity index (χ0v) is 18.0. The number of Topliss-reactive ketones (excluding diaryl/α,β-unsaturated/α-hetero) is 1. The van der Waals surface area contributed by atoms with Gasteiger partial charge in [0.05, 0.1) is 5.56 Å². The van der Waals surface area contributed by atoms with Crippen LogP contribution in [0, 0.1) is 11.7 Å². The summed E-state index contributed by atoms with van der Waals surface area (Å²) in [4.78, 5) is 40.1. The Bertz CT molecular complexity index is 984. The van der Waals surface area contributed by atoms with Crippen LogP contribution >= 0.6 is 0 Å². The number of benzene rings is 2. The van der Waals surface area contributed by atoms with Crippen LogP contribution in [0.5, 0.6) is 5.75 Å². The number of hydrogen-bond acceptors (Lipinski definition) is 4. The lowest BCUT2D eigenvalue weighted by atomic mass is 9.91. The quantitative estimate of drug-likeness (QED) is 0.659. The monoisotopic (exact) mass is 438 g/mol. The van der Waals surface area contributed by atoms with Crippen molar-refractivity contribution in [2.24, 2.45) is 5.92 Å². The predicted octanol–water partition coefficient (Wildman–Crippen LogP) is 3.84. The van der Waals surface area contributed by atoms with Crippen LogP contribution in [0.15, 0.2) is 48.5 Å². The molecule has 0 atom stereocenters. The molecule has 2 aromatic rings. The van der Waals surface area contributed by atoms with Crippen molar-refractivity contribution in [2.45, 2.75) is 32.1 Å². The first-order valence-electron chi connectivity index (χ1n) is 11.1. The molecular weight excluding hydrogens is 411 g/mol. The van der Waals surface area contributed by atoms with Gasteiger partial charge in [0.15, 0.2) is 5.78 Å². The lowest BCUT2D eigenvalue weighted by molar-refractivity contribution is -0.122. The number of ether oxygens (including phenoxy) is 1. The van der Waals surface area contributed by atoms with Crippen molar-refractivity contribution in [1.82, 2.24) is 4.90 Å². The Morgan fingerprint density at radius 3 is 2.38 bits per heavy atom. The van der Waals surface area contributed by atoms with Gasteiger partial charge in [0.2, 0.25) is 5.91 Å². The van der Waals surface area contributed by atoms with Crippen LogP contribution in [-0.4, -0.2) is 48.7 Å². The molecule has 4 rings (SSSR count). The van der Waals surface area contributed by atoms with Crippen molar-refractivity contribution in [3.05, 3.63) is 59.9 Å². The number of nitrogens with zero attached hydrogens (tertiary/aromatic N) is 2. The number of ketones is 1. The number of carbonyl (C=O) groups is 3. The number of anilines is 1. The Morgan fingerprint density at radius 1 is 1.00 bits per heavy atom. The summed E-state index contributed by atoms with van der Waals surface area (Å²) in [5.74, 6) is 0.138. The molecule has 2 aliphatic rings. The van der Waals surface area contributed by atoms with E-state index in [0.29, 0.717) is 44.5 Å². The molecule has 2 heterocycles. The highest BCUT2D eigenvalue weighted by Gasteiger charge is 2.26. The molecule has 0 aromatic heterocycles. The molecule has 32 heavy (non-hydrogen) atoms. The van der Waals surface area contributed by atoms with Crippen molar-refractivity contribution < 1.29 is 23.5 Å². The maximum Gasteiger partial charge on any atom is 0.256 e. The topological polar surface area (TPSA) is 66.9 Å². The van der Waals surface area contributed by atoms with Gasteiger partial charge in [-0.2, -0.15) is 0 Å². The summed E-state index contributed by atoms with van der Waals surface area (Å²) < 4.78 is 19.5. The molecule has 2 amide bonds. The Balaban J connectivity index is 1.20. The number of amides is 2. The minimum Gasteiger partial charge on any atom is -0.486 e. The van der Waals surface area contributed by atoms with Crippen LogP contribution in [0.2, 0.25) is 0 Å². The normalized spacial score (nSPS) is 17.0. The molecule has 6 nitrogen and oxygen atoms in total. The van der Waals surface area contributed by atoms with Gasteiger partial charge in [-0.25, -0.2) is 4.39 Å². The third kappa shape index (κ3) is 5.15. The molecule has 2 aliphatic heterocycles. The molecule has 0 spiro atoms. The predicted molar refractivity (Wildman–Crippen MR) is 118 cm³/mol. The summed E-state index contributed by atoms with van der Waals surface area (Å²) in [7, 11) is 0. The molecule has 0 bridgehead atoms. The minimum absolute atomic E-state index is 0.00361. The number of carbonyl (C=O) groups excluding carboxylic acids is 3. The van der Waals surface area contributed by atoms with E-state index in [1.54, 1.807) is 34.1 Å². The number of likely N-dealkylation sites (tertiary alicyclic amines) is 1. The first-order chi connectivity index (χ1) is 15.5. The van der Waals surface area contributed by atoms with Crippen LogP contribution in [0.4, 0.5) is 10.1 Å². The molecule has 168 valence electrons. The Hall–Kier alpha value is -3.22. The standard InChI is InChI=1S/C25H27FN2O4/c26-23-5-2-1-4-22(23)25(31)27-14-11-18(12-15-27)16-20(29)17-32-21-9-7-19(8-10-21)28-13-3-6-24(28)30/h1-2,4-5,7-10,18H,3,6,11-17H2. The minimum atomic E-state index is -0.507. The van der Waals surface area contributed by atoms with Gasteiger partial charge in [0.25, 0.3) is 5.91 Å². The maximum atomic E-state index is 13.9. The summed E-state index contributed by atoms with van der Waals surface area (Å²) in [6.07, 6.45) is 3.29. The Labute approximate surface area is 187 Å². The molecule has 2 fully saturated rings. The van der Waals surface area contributed by atoms with E-state index in [1.807, 2.05) is 12.1 Å². The summed E-state index contributed by atoms with van der Waals surface area (Å²) in [5.41, 5.74) is 0.943. The SMILES string of the molecule is O=C(COc1ccc(N2CCCC2=O)cc1)CC1CCN(C(=O)c2ccccc2F)CC1. The Kier molecular flexibility index (Phi) is 6.83. The summed E-state index contributed by atoms with van der Waals surface area (Å²) in [6, 6.07) is 13.2. The number of hydrogen-bond donors (Lipinski definition) is 0. The lowest BCUT2D eigenvalue weighted by Crippen LogP contribution is -2.39. The second-order valence-corrected chi connectivity index (χ2v) is 8.39. The molecule has 7 heteroatoms. The molecule has 0 radical (unpaired) electrons. The second-order valence-electron chi connectivity index (χ2n) is 8.39. The third-order valence-electron chi connectivity index (χ3n) is 6.14.